The summed E-state index contributed by atoms with van der Waals surface area (Å²) in [6, 6.07) is 5.07. The Balaban J connectivity index is 1.94. The van der Waals surface area contributed by atoms with E-state index in [1.165, 1.54) is 0 Å². The maximum atomic E-state index is 12.1. The first-order valence-electron chi connectivity index (χ1n) is 6.57. The second-order valence-electron chi connectivity index (χ2n) is 5.60. The Hall–Kier alpha value is -0.910. The largest absolute Gasteiger partial charge is 0.397 e. The third-order valence-corrected chi connectivity index (χ3v) is 4.69. The molecule has 0 unspecified atom stereocenters. The third-order valence-electron chi connectivity index (χ3n) is 3.16. The van der Waals surface area contributed by atoms with Gasteiger partial charge in [0.25, 0.3) is 0 Å². The van der Waals surface area contributed by atoms with Crippen molar-refractivity contribution in [2.45, 2.75) is 18.6 Å². The molecule has 0 atom stereocenters. The van der Waals surface area contributed by atoms with E-state index in [0.29, 0.717) is 22.9 Å². The first-order chi connectivity index (χ1) is 9.35. The Morgan fingerprint density at radius 1 is 1.55 bits per heavy atom. The maximum absolute atomic E-state index is 12.1. The quantitative estimate of drug-likeness (QED) is 0.842. The average molecular weight is 314 g/mol. The van der Waals surface area contributed by atoms with E-state index < -0.39 is 0 Å². The van der Waals surface area contributed by atoms with E-state index in [4.69, 9.17) is 17.3 Å². The van der Waals surface area contributed by atoms with E-state index in [1.54, 1.807) is 18.2 Å². The van der Waals surface area contributed by atoms with Gasteiger partial charge in [0.2, 0.25) is 5.91 Å². The topological polar surface area (TPSA) is 58.4 Å². The number of nitrogens with zero attached hydrogens (tertiary/aromatic N) is 1. The third kappa shape index (κ3) is 4.30. The Morgan fingerprint density at radius 3 is 3.00 bits per heavy atom. The maximum Gasteiger partial charge on any atom is 0.238 e. The van der Waals surface area contributed by atoms with Crippen molar-refractivity contribution in [1.82, 2.24) is 4.90 Å². The van der Waals surface area contributed by atoms with Crippen LogP contribution in [0.4, 0.5) is 11.4 Å². The molecule has 0 bridgehead atoms. The minimum absolute atomic E-state index is 0.0540. The summed E-state index contributed by atoms with van der Waals surface area (Å²) in [4.78, 5) is 14.3. The molecule has 0 saturated carbocycles. The lowest BCUT2D eigenvalue weighted by atomic mass is 10.2. The van der Waals surface area contributed by atoms with E-state index >= 15 is 0 Å². The molecule has 0 radical (unpaired) electrons. The molecule has 1 aliphatic rings. The molecular formula is C14H20ClN3OS. The minimum Gasteiger partial charge on any atom is -0.397 e. The van der Waals surface area contributed by atoms with Crippen molar-refractivity contribution >= 4 is 40.6 Å². The predicted molar refractivity (Wildman–Crippen MR) is 87.5 cm³/mol. The Morgan fingerprint density at radius 2 is 2.30 bits per heavy atom. The second-order valence-corrected chi connectivity index (χ2v) is 7.84. The molecule has 2 rings (SSSR count). The van der Waals surface area contributed by atoms with E-state index in [2.05, 4.69) is 24.1 Å². The highest BCUT2D eigenvalue weighted by Gasteiger charge is 2.27. The molecule has 1 aromatic rings. The summed E-state index contributed by atoms with van der Waals surface area (Å²) in [6.07, 6.45) is 0. The summed E-state index contributed by atoms with van der Waals surface area (Å²) >= 11 is 7.86. The Kier molecular flexibility index (Phi) is 4.83. The van der Waals surface area contributed by atoms with Gasteiger partial charge in [-0.1, -0.05) is 11.6 Å². The molecule has 20 heavy (non-hydrogen) atoms. The molecule has 1 heterocycles. The second kappa shape index (κ2) is 6.24. The van der Waals surface area contributed by atoms with Crippen molar-refractivity contribution < 1.29 is 4.79 Å². The summed E-state index contributed by atoms with van der Waals surface area (Å²) in [5.74, 6) is 1.00. The average Bonchev–Trinajstić information content (AvgIpc) is 2.32. The molecule has 6 heteroatoms. The summed E-state index contributed by atoms with van der Waals surface area (Å²) in [5.41, 5.74) is 6.93. The Labute approximate surface area is 129 Å². The number of rotatable bonds is 3. The van der Waals surface area contributed by atoms with Crippen molar-refractivity contribution in [2.24, 2.45) is 0 Å². The monoisotopic (exact) mass is 313 g/mol. The van der Waals surface area contributed by atoms with E-state index in [1.807, 2.05) is 11.8 Å². The number of halogens is 1. The molecule has 0 aromatic heterocycles. The molecule has 0 spiro atoms. The number of nitrogens with one attached hydrogen (secondary N) is 1. The highest BCUT2D eigenvalue weighted by molar-refractivity contribution is 8.00. The first-order valence-corrected chi connectivity index (χ1v) is 7.93. The van der Waals surface area contributed by atoms with Gasteiger partial charge in [-0.15, -0.1) is 0 Å². The fourth-order valence-electron chi connectivity index (χ4n) is 2.28. The Bertz CT molecular complexity index is 507. The molecule has 1 aliphatic heterocycles. The van der Waals surface area contributed by atoms with Crippen LogP contribution in [0.1, 0.15) is 13.8 Å². The van der Waals surface area contributed by atoms with Crippen LogP contribution in [0.2, 0.25) is 5.02 Å². The lowest BCUT2D eigenvalue weighted by Gasteiger charge is -2.37. The van der Waals surface area contributed by atoms with Gasteiger partial charge in [-0.05, 0) is 32.0 Å². The van der Waals surface area contributed by atoms with Gasteiger partial charge >= 0.3 is 0 Å². The van der Waals surface area contributed by atoms with Crippen LogP contribution in [-0.2, 0) is 4.79 Å². The molecular weight excluding hydrogens is 294 g/mol. The number of hydrogen-bond acceptors (Lipinski definition) is 4. The van der Waals surface area contributed by atoms with Gasteiger partial charge in [-0.2, -0.15) is 11.8 Å². The lowest BCUT2D eigenvalue weighted by Crippen LogP contribution is -2.46. The standard InChI is InChI=1S/C14H20ClN3OS/c1-14(2)9-18(5-6-20-14)8-13(19)17-12-7-10(15)3-4-11(12)16/h3-4,7H,5-6,8-9,16H2,1-2H3,(H,17,19). The van der Waals surface area contributed by atoms with Gasteiger partial charge in [-0.25, -0.2) is 0 Å². The molecule has 0 aliphatic carbocycles. The van der Waals surface area contributed by atoms with Gasteiger partial charge in [0.05, 0.1) is 17.9 Å². The van der Waals surface area contributed by atoms with Crippen LogP contribution >= 0.6 is 23.4 Å². The number of amides is 1. The number of carbonyl (C=O) groups is 1. The molecule has 1 aromatic carbocycles. The number of nitrogens with two attached hydrogens (primary N) is 1. The zero-order chi connectivity index (χ0) is 14.8. The van der Waals surface area contributed by atoms with Crippen LogP contribution in [0.25, 0.3) is 0 Å². The molecule has 110 valence electrons. The number of carbonyl (C=O) groups excluding carboxylic acids is 1. The van der Waals surface area contributed by atoms with E-state index in [-0.39, 0.29) is 10.7 Å². The van der Waals surface area contributed by atoms with Gasteiger partial charge in [0.1, 0.15) is 0 Å². The van der Waals surface area contributed by atoms with Gasteiger partial charge in [-0.3, -0.25) is 9.69 Å². The lowest BCUT2D eigenvalue weighted by molar-refractivity contribution is -0.117. The zero-order valence-corrected chi connectivity index (χ0v) is 13.4. The van der Waals surface area contributed by atoms with Gasteiger partial charge < -0.3 is 11.1 Å². The van der Waals surface area contributed by atoms with Crippen LogP contribution in [-0.4, -0.2) is 40.9 Å². The molecule has 4 nitrogen and oxygen atoms in total. The van der Waals surface area contributed by atoms with Crippen LogP contribution in [0.5, 0.6) is 0 Å². The number of anilines is 2. The van der Waals surface area contributed by atoms with Crippen LogP contribution in [0.3, 0.4) is 0 Å². The molecule has 3 N–H and O–H groups in total. The number of thioether (sulfide) groups is 1. The van der Waals surface area contributed by atoms with Gasteiger partial charge in [0.15, 0.2) is 0 Å². The minimum atomic E-state index is -0.0540. The van der Waals surface area contributed by atoms with Crippen molar-refractivity contribution in [3.05, 3.63) is 23.2 Å². The zero-order valence-electron chi connectivity index (χ0n) is 11.8. The van der Waals surface area contributed by atoms with Crippen molar-refractivity contribution in [3.63, 3.8) is 0 Å². The summed E-state index contributed by atoms with van der Waals surface area (Å²) in [5, 5.41) is 3.39. The molecule has 1 saturated heterocycles. The van der Waals surface area contributed by atoms with Crippen LogP contribution < -0.4 is 11.1 Å². The number of nitrogen functional groups attached to an aromatic ring is 1. The van der Waals surface area contributed by atoms with Crippen LogP contribution in [0, 0.1) is 0 Å². The normalized spacial score (nSPS) is 18.8. The fourth-order valence-corrected chi connectivity index (χ4v) is 3.63. The summed E-state index contributed by atoms with van der Waals surface area (Å²) in [7, 11) is 0. The van der Waals surface area contributed by atoms with Crippen molar-refractivity contribution in [3.8, 4) is 0 Å². The van der Waals surface area contributed by atoms with Crippen molar-refractivity contribution in [1.29, 1.82) is 0 Å². The highest BCUT2D eigenvalue weighted by atomic mass is 35.5. The SMILES string of the molecule is CC1(C)CN(CC(=O)Nc2cc(Cl)ccc2N)CCS1. The van der Waals surface area contributed by atoms with E-state index in [0.717, 1.165) is 18.8 Å². The van der Waals surface area contributed by atoms with Crippen LogP contribution in [0.15, 0.2) is 18.2 Å². The molecule has 1 fully saturated rings. The van der Waals surface area contributed by atoms with E-state index in [9.17, 15) is 4.79 Å². The van der Waals surface area contributed by atoms with Gasteiger partial charge in [0, 0.05) is 28.6 Å². The first kappa shape index (κ1) is 15.5. The number of hydrogen-bond donors (Lipinski definition) is 2. The highest BCUT2D eigenvalue weighted by Crippen LogP contribution is 2.29. The van der Waals surface area contributed by atoms with Crippen molar-refractivity contribution in [2.75, 3.05) is 36.4 Å². The number of benzene rings is 1. The summed E-state index contributed by atoms with van der Waals surface area (Å²) < 4.78 is 0.202. The predicted octanol–water partition coefficient (Wildman–Crippen LogP) is 2.69. The smallest absolute Gasteiger partial charge is 0.238 e. The molecule has 1 amide bonds. The fraction of sp³-hybridized carbons (Fsp3) is 0.500. The summed E-state index contributed by atoms with van der Waals surface area (Å²) in [6.45, 7) is 6.64.